The molecule has 2 N–H and O–H groups in total. The monoisotopic (exact) mass is 406 g/mol. The van der Waals surface area contributed by atoms with Gasteiger partial charge in [-0.1, -0.05) is 11.6 Å². The Morgan fingerprint density at radius 1 is 1.23 bits per heavy atom. The van der Waals surface area contributed by atoms with Crippen molar-refractivity contribution >= 4 is 41.6 Å². The van der Waals surface area contributed by atoms with Crippen LogP contribution in [-0.4, -0.2) is 55.7 Å². The second-order valence-electron chi connectivity index (χ2n) is 5.94. The minimum absolute atomic E-state index is 0. The third-order valence-electron chi connectivity index (χ3n) is 4.34. The molecule has 1 fully saturated rings. The molecule has 2 rings (SSSR count). The number of amides is 1. The summed E-state index contributed by atoms with van der Waals surface area (Å²) in [6, 6.07) is 3.21. The fraction of sp³-hybridized carbons (Fsp3) is 0.529. The Morgan fingerprint density at radius 2 is 1.85 bits per heavy atom. The molecule has 7 nitrogen and oxygen atoms in total. The van der Waals surface area contributed by atoms with Gasteiger partial charge in [-0.25, -0.2) is 0 Å². The number of ether oxygens (including phenoxy) is 2. The average Bonchev–Trinajstić information content (AvgIpc) is 2.61. The number of carboxylic acids is 1. The zero-order valence-electron chi connectivity index (χ0n) is 14.8. The number of anilines is 1. The van der Waals surface area contributed by atoms with Gasteiger partial charge in [-0.3, -0.25) is 9.59 Å². The number of methoxy groups -OCH3 is 2. The summed E-state index contributed by atoms with van der Waals surface area (Å²) in [4.78, 5) is 25.3. The Hall–Kier alpha value is -1.70. The number of hydrogen-bond donors (Lipinski definition) is 2. The minimum Gasteiger partial charge on any atom is -0.495 e. The number of rotatable bonds is 7. The number of carboxylic acid groups (broad SMARTS) is 1. The number of halogens is 2. The van der Waals surface area contributed by atoms with E-state index in [0.717, 1.165) is 0 Å². The van der Waals surface area contributed by atoms with Gasteiger partial charge in [0.2, 0.25) is 5.91 Å². The molecule has 1 aliphatic heterocycles. The number of benzene rings is 1. The van der Waals surface area contributed by atoms with Crippen molar-refractivity contribution in [3.05, 3.63) is 17.2 Å². The van der Waals surface area contributed by atoms with Crippen LogP contribution in [0.3, 0.4) is 0 Å². The standard InChI is InChI=1S/C17H23ClN2O5.ClH/c1-24-14-10-13(15(25-2)9-12(14)18)19-16(21)5-8-20-6-3-11(4-7-20)17(22)23;/h9-11H,3-8H2,1-2H3,(H,19,21)(H,22,23);1H. The number of likely N-dealkylation sites (tertiary alicyclic amines) is 1. The van der Waals surface area contributed by atoms with Crippen LogP contribution in [0.5, 0.6) is 11.5 Å². The molecule has 1 heterocycles. The van der Waals surface area contributed by atoms with Crippen molar-refractivity contribution in [3.63, 3.8) is 0 Å². The maximum atomic E-state index is 12.2. The molecule has 1 amide bonds. The summed E-state index contributed by atoms with van der Waals surface area (Å²) in [5.74, 6) is -0.241. The molecule has 26 heavy (non-hydrogen) atoms. The zero-order valence-corrected chi connectivity index (χ0v) is 16.4. The van der Waals surface area contributed by atoms with Crippen molar-refractivity contribution in [2.24, 2.45) is 5.92 Å². The lowest BCUT2D eigenvalue weighted by Gasteiger charge is -2.29. The van der Waals surface area contributed by atoms with E-state index in [9.17, 15) is 9.59 Å². The Kier molecular flexibility index (Phi) is 8.98. The van der Waals surface area contributed by atoms with Crippen molar-refractivity contribution in [3.8, 4) is 11.5 Å². The third kappa shape index (κ3) is 5.93. The molecular formula is C17H24Cl2N2O5. The van der Waals surface area contributed by atoms with Crippen LogP contribution in [0.2, 0.25) is 5.02 Å². The van der Waals surface area contributed by atoms with Crippen LogP contribution >= 0.6 is 24.0 Å². The third-order valence-corrected chi connectivity index (χ3v) is 4.64. The van der Waals surface area contributed by atoms with Crippen LogP contribution < -0.4 is 14.8 Å². The van der Waals surface area contributed by atoms with Crippen molar-refractivity contribution in [2.75, 3.05) is 39.2 Å². The Bertz CT molecular complexity index is 634. The first-order valence-corrected chi connectivity index (χ1v) is 8.49. The smallest absolute Gasteiger partial charge is 0.306 e. The summed E-state index contributed by atoms with van der Waals surface area (Å²) in [5, 5.41) is 12.2. The highest BCUT2D eigenvalue weighted by atomic mass is 35.5. The molecule has 0 saturated carbocycles. The van der Waals surface area contributed by atoms with Crippen LogP contribution in [0.4, 0.5) is 5.69 Å². The Balaban J connectivity index is 0.00000338. The highest BCUT2D eigenvalue weighted by Crippen LogP contribution is 2.35. The molecule has 1 saturated heterocycles. The van der Waals surface area contributed by atoms with E-state index in [1.165, 1.54) is 14.2 Å². The lowest BCUT2D eigenvalue weighted by molar-refractivity contribution is -0.143. The van der Waals surface area contributed by atoms with E-state index in [4.69, 9.17) is 26.2 Å². The van der Waals surface area contributed by atoms with Crippen molar-refractivity contribution in [1.29, 1.82) is 0 Å². The molecule has 1 aromatic rings. The van der Waals surface area contributed by atoms with E-state index >= 15 is 0 Å². The van der Waals surface area contributed by atoms with Gasteiger partial charge in [0.05, 0.1) is 30.8 Å². The largest absolute Gasteiger partial charge is 0.495 e. The highest BCUT2D eigenvalue weighted by Gasteiger charge is 2.24. The molecule has 0 radical (unpaired) electrons. The Labute approximate surface area is 164 Å². The summed E-state index contributed by atoms with van der Waals surface area (Å²) in [5.41, 5.74) is 0.498. The zero-order chi connectivity index (χ0) is 18.4. The molecular weight excluding hydrogens is 383 g/mol. The topological polar surface area (TPSA) is 88.1 Å². The maximum Gasteiger partial charge on any atom is 0.306 e. The molecule has 0 aliphatic carbocycles. The van der Waals surface area contributed by atoms with E-state index in [1.807, 2.05) is 0 Å². The molecule has 0 aromatic heterocycles. The van der Waals surface area contributed by atoms with E-state index in [0.29, 0.717) is 61.1 Å². The molecule has 9 heteroatoms. The molecule has 0 bridgehead atoms. The number of aliphatic carboxylic acids is 1. The normalized spacial score (nSPS) is 15.0. The van der Waals surface area contributed by atoms with Crippen molar-refractivity contribution in [2.45, 2.75) is 19.3 Å². The van der Waals surface area contributed by atoms with Crippen LogP contribution in [-0.2, 0) is 9.59 Å². The highest BCUT2D eigenvalue weighted by molar-refractivity contribution is 6.32. The van der Waals surface area contributed by atoms with Gasteiger partial charge in [0, 0.05) is 25.1 Å². The fourth-order valence-electron chi connectivity index (χ4n) is 2.83. The molecule has 0 atom stereocenters. The van der Waals surface area contributed by atoms with Gasteiger partial charge in [-0.2, -0.15) is 0 Å². The predicted octanol–water partition coefficient (Wildman–Crippen LogP) is 2.90. The lowest BCUT2D eigenvalue weighted by Crippen LogP contribution is -2.37. The summed E-state index contributed by atoms with van der Waals surface area (Å²) in [6.07, 6.45) is 1.56. The predicted molar refractivity (Wildman–Crippen MR) is 102 cm³/mol. The number of carbonyl (C=O) groups excluding carboxylic acids is 1. The van der Waals surface area contributed by atoms with Gasteiger partial charge >= 0.3 is 5.97 Å². The van der Waals surface area contributed by atoms with Gasteiger partial charge < -0.3 is 24.8 Å². The average molecular weight is 407 g/mol. The first-order chi connectivity index (χ1) is 11.9. The van der Waals surface area contributed by atoms with Gasteiger partial charge in [-0.05, 0) is 25.9 Å². The summed E-state index contributed by atoms with van der Waals surface area (Å²) >= 11 is 6.05. The second kappa shape index (κ2) is 10.4. The van der Waals surface area contributed by atoms with Gasteiger partial charge in [0.15, 0.2) is 0 Å². The molecule has 1 aliphatic rings. The lowest BCUT2D eigenvalue weighted by atomic mass is 9.97. The molecule has 1 aromatic carbocycles. The van der Waals surface area contributed by atoms with Crippen LogP contribution in [0.15, 0.2) is 12.1 Å². The maximum absolute atomic E-state index is 12.2. The number of hydrogen-bond acceptors (Lipinski definition) is 5. The first kappa shape index (κ1) is 22.3. The van der Waals surface area contributed by atoms with Crippen molar-refractivity contribution < 1.29 is 24.2 Å². The van der Waals surface area contributed by atoms with Gasteiger partial charge in [-0.15, -0.1) is 12.4 Å². The minimum atomic E-state index is -0.735. The van der Waals surface area contributed by atoms with Crippen LogP contribution in [0, 0.1) is 5.92 Å². The van der Waals surface area contributed by atoms with Gasteiger partial charge in [0.1, 0.15) is 11.5 Å². The van der Waals surface area contributed by atoms with Crippen LogP contribution in [0.1, 0.15) is 19.3 Å². The summed E-state index contributed by atoms with van der Waals surface area (Å²) < 4.78 is 10.4. The van der Waals surface area contributed by atoms with Gasteiger partial charge in [0.25, 0.3) is 0 Å². The molecule has 0 unspecified atom stereocenters. The SMILES string of the molecule is COc1cc(NC(=O)CCN2CCC(C(=O)O)CC2)c(OC)cc1Cl.Cl. The number of nitrogens with zero attached hydrogens (tertiary/aromatic N) is 1. The summed E-state index contributed by atoms with van der Waals surface area (Å²) in [7, 11) is 3.00. The number of carbonyl (C=O) groups is 2. The van der Waals surface area contributed by atoms with E-state index < -0.39 is 5.97 Å². The number of piperidine rings is 1. The Morgan fingerprint density at radius 3 is 2.38 bits per heavy atom. The van der Waals surface area contributed by atoms with E-state index in [2.05, 4.69) is 10.2 Å². The molecule has 146 valence electrons. The fourth-order valence-corrected chi connectivity index (χ4v) is 3.06. The number of nitrogens with one attached hydrogen (secondary N) is 1. The first-order valence-electron chi connectivity index (χ1n) is 8.11. The van der Waals surface area contributed by atoms with E-state index in [1.54, 1.807) is 12.1 Å². The quantitative estimate of drug-likeness (QED) is 0.723. The van der Waals surface area contributed by atoms with Crippen molar-refractivity contribution in [1.82, 2.24) is 4.90 Å². The second-order valence-corrected chi connectivity index (χ2v) is 6.35. The summed E-state index contributed by atoms with van der Waals surface area (Å²) in [6.45, 7) is 1.98. The van der Waals surface area contributed by atoms with Crippen LogP contribution in [0.25, 0.3) is 0 Å². The van der Waals surface area contributed by atoms with E-state index in [-0.39, 0.29) is 24.2 Å². The molecule has 0 spiro atoms.